The Morgan fingerprint density at radius 1 is 1.00 bits per heavy atom. The number of rotatable bonds is 6. The Labute approximate surface area is 197 Å². The minimum Gasteiger partial charge on any atom is -0.341 e. The number of amides is 1. The van der Waals surface area contributed by atoms with E-state index in [1.54, 1.807) is 0 Å². The number of carbonyl (C=O) groups excluding carboxylic acids is 1. The van der Waals surface area contributed by atoms with Crippen molar-refractivity contribution in [1.29, 1.82) is 0 Å². The first-order valence-electron chi connectivity index (χ1n) is 11.2. The molecule has 0 saturated carbocycles. The van der Waals surface area contributed by atoms with Gasteiger partial charge >= 0.3 is 0 Å². The predicted molar refractivity (Wildman–Crippen MR) is 130 cm³/mol. The number of hydrogen-bond acceptors (Lipinski definition) is 8. The van der Waals surface area contributed by atoms with Crippen LogP contribution in [0.15, 0.2) is 67.1 Å². The second kappa shape index (κ2) is 9.65. The molecule has 10 heteroatoms. The Kier molecular flexibility index (Phi) is 6.11. The minimum atomic E-state index is -0.120. The number of carbonyl (C=O) groups is 1. The van der Waals surface area contributed by atoms with Gasteiger partial charge in [-0.05, 0) is 31.0 Å². The van der Waals surface area contributed by atoms with Gasteiger partial charge in [-0.15, -0.1) is 5.10 Å². The maximum atomic E-state index is 11.3. The van der Waals surface area contributed by atoms with Crippen molar-refractivity contribution in [3.05, 3.63) is 67.1 Å². The molecule has 172 valence electrons. The van der Waals surface area contributed by atoms with Crippen LogP contribution < -0.4 is 15.5 Å². The molecular formula is C24H25N9O. The van der Waals surface area contributed by atoms with Gasteiger partial charge in [0.1, 0.15) is 12.0 Å². The van der Waals surface area contributed by atoms with Gasteiger partial charge in [0.25, 0.3) is 0 Å². The van der Waals surface area contributed by atoms with Crippen LogP contribution in [-0.2, 0) is 4.79 Å². The van der Waals surface area contributed by atoms with Crippen LogP contribution in [0.25, 0.3) is 11.3 Å². The first-order valence-corrected chi connectivity index (χ1v) is 11.2. The molecular weight excluding hydrogens is 430 g/mol. The van der Waals surface area contributed by atoms with Crippen molar-refractivity contribution >= 4 is 29.2 Å². The fraction of sp³-hybridized carbons (Fsp3) is 0.250. The van der Waals surface area contributed by atoms with E-state index in [0.29, 0.717) is 17.6 Å². The summed E-state index contributed by atoms with van der Waals surface area (Å²) in [6.07, 6.45) is 5.38. The van der Waals surface area contributed by atoms with Gasteiger partial charge < -0.3 is 15.5 Å². The Bertz CT molecular complexity index is 1270. The van der Waals surface area contributed by atoms with Gasteiger partial charge in [-0.25, -0.2) is 14.6 Å². The Balaban J connectivity index is 1.22. The van der Waals surface area contributed by atoms with Crippen LogP contribution in [0.5, 0.6) is 0 Å². The zero-order valence-electron chi connectivity index (χ0n) is 18.8. The fourth-order valence-electron chi connectivity index (χ4n) is 4.03. The second-order valence-electron chi connectivity index (χ2n) is 8.16. The van der Waals surface area contributed by atoms with Crippen molar-refractivity contribution in [2.24, 2.45) is 0 Å². The van der Waals surface area contributed by atoms with E-state index in [-0.39, 0.29) is 11.9 Å². The summed E-state index contributed by atoms with van der Waals surface area (Å²) in [5, 5.41) is 14.7. The first-order chi connectivity index (χ1) is 16.6. The van der Waals surface area contributed by atoms with Crippen molar-refractivity contribution in [3.8, 4) is 11.3 Å². The highest BCUT2D eigenvalue weighted by molar-refractivity contribution is 5.89. The molecule has 34 heavy (non-hydrogen) atoms. The molecule has 1 fully saturated rings. The molecule has 10 nitrogen and oxygen atoms in total. The number of benzene rings is 2. The van der Waals surface area contributed by atoms with Crippen LogP contribution in [0.4, 0.5) is 23.3 Å². The van der Waals surface area contributed by atoms with Crippen molar-refractivity contribution in [2.75, 3.05) is 28.6 Å². The molecule has 0 spiro atoms. The zero-order valence-corrected chi connectivity index (χ0v) is 18.8. The summed E-state index contributed by atoms with van der Waals surface area (Å²) in [5.74, 6) is 0.971. The summed E-state index contributed by atoms with van der Waals surface area (Å²) in [6, 6.07) is 17.8. The van der Waals surface area contributed by atoms with Crippen LogP contribution in [0.1, 0.15) is 25.8 Å². The van der Waals surface area contributed by atoms with Gasteiger partial charge in [-0.1, -0.05) is 41.6 Å². The van der Waals surface area contributed by atoms with Gasteiger partial charge in [0, 0.05) is 37.0 Å². The van der Waals surface area contributed by atoms with Gasteiger partial charge in [-0.3, -0.25) is 4.79 Å². The molecule has 2 aromatic carbocycles. The van der Waals surface area contributed by atoms with Crippen LogP contribution in [0.2, 0.25) is 0 Å². The number of piperidine rings is 1. The Hall–Kier alpha value is -4.34. The SMILES string of the molecule is CC(=O)Nc1cccc(Nc2ncnc(N3CCC(n4cc(-c5ccccc5)nn4)CC3)n2)c1. The molecule has 2 aromatic heterocycles. The summed E-state index contributed by atoms with van der Waals surface area (Å²) < 4.78 is 1.97. The number of aromatic nitrogens is 6. The lowest BCUT2D eigenvalue weighted by Gasteiger charge is -2.31. The second-order valence-corrected chi connectivity index (χ2v) is 8.16. The average molecular weight is 456 g/mol. The van der Waals surface area contributed by atoms with Crippen molar-refractivity contribution < 1.29 is 4.79 Å². The third-order valence-corrected chi connectivity index (χ3v) is 5.70. The number of nitrogens with zero attached hydrogens (tertiary/aromatic N) is 7. The summed E-state index contributed by atoms with van der Waals surface area (Å²) in [4.78, 5) is 26.7. The quantitative estimate of drug-likeness (QED) is 0.453. The van der Waals surface area contributed by atoms with Crippen molar-refractivity contribution in [3.63, 3.8) is 0 Å². The number of nitrogens with one attached hydrogen (secondary N) is 2. The van der Waals surface area contributed by atoms with Crippen molar-refractivity contribution in [1.82, 2.24) is 29.9 Å². The molecule has 1 saturated heterocycles. The normalized spacial score (nSPS) is 14.1. The third-order valence-electron chi connectivity index (χ3n) is 5.70. The van der Waals surface area contributed by atoms with Gasteiger partial charge in [0.15, 0.2) is 0 Å². The summed E-state index contributed by atoms with van der Waals surface area (Å²) in [7, 11) is 0. The highest BCUT2D eigenvalue weighted by Gasteiger charge is 2.23. The van der Waals surface area contributed by atoms with E-state index >= 15 is 0 Å². The molecule has 1 aliphatic rings. The van der Waals surface area contributed by atoms with E-state index in [1.165, 1.54) is 13.3 Å². The first kappa shape index (κ1) is 21.5. The minimum absolute atomic E-state index is 0.120. The van der Waals surface area contributed by atoms with Gasteiger partial charge in [0.05, 0.1) is 12.2 Å². The van der Waals surface area contributed by atoms with Crippen LogP contribution >= 0.6 is 0 Å². The lowest BCUT2D eigenvalue weighted by Crippen LogP contribution is -2.36. The standard InChI is InChI=1S/C24H25N9O/c1-17(34)27-19-8-5-9-20(14-19)28-23-25-16-26-24(29-23)32-12-10-21(11-13-32)33-15-22(30-31-33)18-6-3-2-4-7-18/h2-9,14-16,21H,10-13H2,1H3,(H,27,34)(H,25,26,28,29). The third kappa shape index (κ3) is 5.01. The molecule has 0 bridgehead atoms. The van der Waals surface area contributed by atoms with Crippen LogP contribution in [0, 0.1) is 0 Å². The monoisotopic (exact) mass is 455 g/mol. The molecule has 3 heterocycles. The van der Waals surface area contributed by atoms with Crippen LogP contribution in [0.3, 0.4) is 0 Å². The maximum absolute atomic E-state index is 11.3. The van der Waals surface area contributed by atoms with E-state index in [1.807, 2.05) is 65.5 Å². The summed E-state index contributed by atoms with van der Waals surface area (Å²) in [5.41, 5.74) is 3.44. The number of anilines is 4. The van der Waals surface area contributed by atoms with Crippen LogP contribution in [-0.4, -0.2) is 48.9 Å². The summed E-state index contributed by atoms with van der Waals surface area (Å²) in [6.45, 7) is 3.10. The predicted octanol–water partition coefficient (Wildman–Crippen LogP) is 3.67. The molecule has 0 atom stereocenters. The van der Waals surface area contributed by atoms with E-state index < -0.39 is 0 Å². The smallest absolute Gasteiger partial charge is 0.231 e. The zero-order chi connectivity index (χ0) is 23.3. The topological polar surface area (TPSA) is 114 Å². The Morgan fingerprint density at radius 2 is 1.79 bits per heavy atom. The molecule has 1 aliphatic heterocycles. The highest BCUT2D eigenvalue weighted by Crippen LogP contribution is 2.26. The lowest BCUT2D eigenvalue weighted by molar-refractivity contribution is -0.114. The average Bonchev–Trinajstić information content (AvgIpc) is 3.35. The van der Waals surface area contributed by atoms with Gasteiger partial charge in [-0.2, -0.15) is 4.98 Å². The largest absolute Gasteiger partial charge is 0.341 e. The molecule has 2 N–H and O–H groups in total. The maximum Gasteiger partial charge on any atom is 0.231 e. The highest BCUT2D eigenvalue weighted by atomic mass is 16.1. The molecule has 1 amide bonds. The fourth-order valence-corrected chi connectivity index (χ4v) is 4.03. The Morgan fingerprint density at radius 3 is 2.59 bits per heavy atom. The number of hydrogen-bond donors (Lipinski definition) is 2. The molecule has 0 radical (unpaired) electrons. The van der Waals surface area contributed by atoms with Gasteiger partial charge in [0.2, 0.25) is 17.8 Å². The van der Waals surface area contributed by atoms with Crippen molar-refractivity contribution in [2.45, 2.75) is 25.8 Å². The van der Waals surface area contributed by atoms with E-state index in [9.17, 15) is 4.79 Å². The lowest BCUT2D eigenvalue weighted by atomic mass is 10.1. The molecule has 0 unspecified atom stereocenters. The van der Waals surface area contributed by atoms with E-state index in [0.717, 1.165) is 42.9 Å². The summed E-state index contributed by atoms with van der Waals surface area (Å²) >= 11 is 0. The van der Waals surface area contributed by atoms with E-state index in [4.69, 9.17) is 0 Å². The molecule has 0 aliphatic carbocycles. The molecule has 5 rings (SSSR count). The molecule has 4 aromatic rings. The van der Waals surface area contributed by atoms with E-state index in [2.05, 4.69) is 40.8 Å².